The Morgan fingerprint density at radius 2 is 1.31 bits per heavy atom. The zero-order valence-electron chi connectivity index (χ0n) is 15.9. The second-order valence-corrected chi connectivity index (χ2v) is 9.58. The Balaban J connectivity index is 1.71. The number of ether oxygens (including phenoxy) is 2. The predicted octanol–water partition coefficient (Wildman–Crippen LogP) is 7.05. The lowest BCUT2D eigenvalue weighted by Gasteiger charge is -2.21. The van der Waals surface area contributed by atoms with Crippen LogP contribution in [0.2, 0.25) is 0 Å². The van der Waals surface area contributed by atoms with Gasteiger partial charge in [-0.15, -0.1) is 0 Å². The SMILES string of the molecule is COc1ccc(Sc2ccccc2)c([S+]2c3ccccc3Oc3ccccc32)c1. The topological polar surface area (TPSA) is 18.5 Å². The molecule has 0 amide bonds. The molecule has 0 fully saturated rings. The molecule has 5 rings (SSSR count). The first-order chi connectivity index (χ1) is 14.3. The van der Waals surface area contributed by atoms with Gasteiger partial charge >= 0.3 is 0 Å². The van der Waals surface area contributed by atoms with Gasteiger partial charge in [0.25, 0.3) is 0 Å². The molecule has 4 heteroatoms. The molecule has 0 aliphatic carbocycles. The van der Waals surface area contributed by atoms with Gasteiger partial charge in [0.05, 0.1) is 12.0 Å². The molecule has 0 radical (unpaired) electrons. The van der Waals surface area contributed by atoms with E-state index < -0.39 is 0 Å². The highest BCUT2D eigenvalue weighted by atomic mass is 32.2. The Hall–Kier alpha value is -2.82. The Morgan fingerprint density at radius 1 is 0.690 bits per heavy atom. The molecule has 1 heterocycles. The molecular formula is C25H19O2S2+. The summed E-state index contributed by atoms with van der Waals surface area (Å²) < 4.78 is 11.8. The quantitative estimate of drug-likeness (QED) is 0.293. The first-order valence-corrected chi connectivity index (χ1v) is 11.4. The van der Waals surface area contributed by atoms with Gasteiger partial charge in [-0.2, -0.15) is 0 Å². The summed E-state index contributed by atoms with van der Waals surface area (Å²) in [6.45, 7) is 0. The lowest BCUT2D eigenvalue weighted by molar-refractivity contribution is 0.413. The van der Waals surface area contributed by atoms with Crippen molar-refractivity contribution in [2.75, 3.05) is 7.11 Å². The summed E-state index contributed by atoms with van der Waals surface area (Å²) in [7, 11) is 1.44. The Morgan fingerprint density at radius 3 is 1.97 bits per heavy atom. The van der Waals surface area contributed by atoms with E-state index in [0.717, 1.165) is 17.2 Å². The van der Waals surface area contributed by atoms with Crippen LogP contribution in [-0.2, 0) is 10.9 Å². The van der Waals surface area contributed by atoms with Gasteiger partial charge in [0, 0.05) is 11.0 Å². The number of rotatable bonds is 4. The Bertz CT molecular complexity index is 1110. The van der Waals surface area contributed by atoms with E-state index in [0.29, 0.717) is 0 Å². The van der Waals surface area contributed by atoms with E-state index in [1.54, 1.807) is 18.9 Å². The molecule has 0 saturated heterocycles. The fraction of sp³-hybridized carbons (Fsp3) is 0.0400. The lowest BCUT2D eigenvalue weighted by Crippen LogP contribution is -2.13. The van der Waals surface area contributed by atoms with Gasteiger partial charge in [-0.3, -0.25) is 0 Å². The Kier molecular flexibility index (Phi) is 4.96. The van der Waals surface area contributed by atoms with E-state index in [-0.39, 0.29) is 10.9 Å². The molecule has 0 aromatic heterocycles. The maximum atomic E-state index is 6.21. The second-order valence-electron chi connectivity index (χ2n) is 6.53. The van der Waals surface area contributed by atoms with Crippen molar-refractivity contribution in [3.63, 3.8) is 0 Å². The third-order valence-corrected chi connectivity index (χ3v) is 8.24. The van der Waals surface area contributed by atoms with E-state index in [1.807, 2.05) is 24.3 Å². The average Bonchev–Trinajstić information content (AvgIpc) is 2.78. The molecule has 1 aliphatic rings. The van der Waals surface area contributed by atoms with Crippen LogP contribution in [0.25, 0.3) is 0 Å². The summed E-state index contributed by atoms with van der Waals surface area (Å²) in [5, 5.41) is 0. The van der Waals surface area contributed by atoms with Crippen LogP contribution >= 0.6 is 11.8 Å². The van der Waals surface area contributed by atoms with Gasteiger partial charge in [0.1, 0.15) is 16.6 Å². The summed E-state index contributed by atoms with van der Waals surface area (Å²) in [5.41, 5.74) is 0. The standard InChI is InChI=1S/C25H19O2S2/c1-26-18-15-16-22(28-19-9-3-2-4-10-19)25(17-18)29-23-13-7-5-11-20(23)27-21-12-6-8-14-24(21)29/h2-17H,1H3/q+1. The van der Waals surface area contributed by atoms with Crippen molar-refractivity contribution in [2.45, 2.75) is 24.5 Å². The molecule has 0 spiro atoms. The van der Waals surface area contributed by atoms with Crippen molar-refractivity contribution in [1.29, 1.82) is 0 Å². The first kappa shape index (κ1) is 18.2. The molecule has 4 aromatic carbocycles. The fourth-order valence-corrected chi connectivity index (χ4v) is 6.84. The number of para-hydroxylation sites is 2. The number of methoxy groups -OCH3 is 1. The van der Waals surface area contributed by atoms with Gasteiger partial charge < -0.3 is 9.47 Å². The molecular weight excluding hydrogens is 396 g/mol. The van der Waals surface area contributed by atoms with E-state index in [9.17, 15) is 0 Å². The molecule has 0 atom stereocenters. The van der Waals surface area contributed by atoms with Crippen molar-refractivity contribution in [3.8, 4) is 17.2 Å². The molecule has 0 N–H and O–H groups in total. The normalized spacial score (nSPS) is 12.6. The smallest absolute Gasteiger partial charge is 0.209 e. The monoisotopic (exact) mass is 415 g/mol. The van der Waals surface area contributed by atoms with Crippen molar-refractivity contribution < 1.29 is 9.47 Å². The maximum absolute atomic E-state index is 6.21. The van der Waals surface area contributed by atoms with Crippen molar-refractivity contribution in [2.24, 2.45) is 0 Å². The Labute approximate surface area is 177 Å². The van der Waals surface area contributed by atoms with E-state index in [4.69, 9.17) is 9.47 Å². The summed E-state index contributed by atoms with van der Waals surface area (Å²) in [6.07, 6.45) is 0. The van der Waals surface area contributed by atoms with Gasteiger partial charge in [-0.25, -0.2) is 0 Å². The molecule has 142 valence electrons. The third-order valence-electron chi connectivity index (χ3n) is 4.70. The van der Waals surface area contributed by atoms with Crippen LogP contribution in [0, 0.1) is 0 Å². The zero-order chi connectivity index (χ0) is 19.6. The van der Waals surface area contributed by atoms with E-state index in [2.05, 4.69) is 72.8 Å². The fourth-order valence-electron chi connectivity index (χ4n) is 3.35. The van der Waals surface area contributed by atoms with E-state index >= 15 is 0 Å². The highest BCUT2D eigenvalue weighted by molar-refractivity contribution is 8.01. The molecule has 2 nitrogen and oxygen atoms in total. The first-order valence-electron chi connectivity index (χ1n) is 9.34. The zero-order valence-corrected chi connectivity index (χ0v) is 17.5. The second kappa shape index (κ2) is 7.90. The minimum absolute atomic E-state index is 0.281. The maximum Gasteiger partial charge on any atom is 0.209 e. The number of fused-ring (bicyclic) bond motifs is 2. The summed E-state index contributed by atoms with van der Waals surface area (Å²) in [4.78, 5) is 6.11. The van der Waals surface area contributed by atoms with Gasteiger partial charge in [0.15, 0.2) is 16.4 Å². The van der Waals surface area contributed by atoms with Crippen molar-refractivity contribution in [1.82, 2.24) is 0 Å². The van der Waals surface area contributed by atoms with E-state index in [1.165, 1.54) is 24.5 Å². The number of hydrogen-bond acceptors (Lipinski definition) is 3. The summed E-state index contributed by atoms with van der Waals surface area (Å²) in [6, 6.07) is 33.5. The minimum atomic E-state index is -0.281. The molecule has 0 saturated carbocycles. The number of benzene rings is 4. The molecule has 4 aromatic rings. The highest BCUT2D eigenvalue weighted by Gasteiger charge is 2.40. The largest absolute Gasteiger partial charge is 0.497 e. The summed E-state index contributed by atoms with van der Waals surface area (Å²) >= 11 is 1.79. The van der Waals surface area contributed by atoms with Gasteiger partial charge in [0.2, 0.25) is 9.79 Å². The molecule has 29 heavy (non-hydrogen) atoms. The lowest BCUT2D eigenvalue weighted by atomic mass is 10.3. The molecule has 0 bridgehead atoms. The van der Waals surface area contributed by atoms with Crippen LogP contribution < -0.4 is 9.47 Å². The minimum Gasteiger partial charge on any atom is -0.497 e. The van der Waals surface area contributed by atoms with Gasteiger partial charge in [-0.1, -0.05) is 54.2 Å². The number of hydrogen-bond donors (Lipinski definition) is 0. The van der Waals surface area contributed by atoms with Crippen LogP contribution in [-0.4, -0.2) is 7.11 Å². The highest BCUT2D eigenvalue weighted by Crippen LogP contribution is 2.49. The van der Waals surface area contributed by atoms with Crippen molar-refractivity contribution >= 4 is 22.7 Å². The summed E-state index contributed by atoms with van der Waals surface area (Å²) in [5.74, 6) is 2.72. The van der Waals surface area contributed by atoms with Crippen molar-refractivity contribution in [3.05, 3.63) is 97.1 Å². The predicted molar refractivity (Wildman–Crippen MR) is 119 cm³/mol. The van der Waals surface area contributed by atoms with Crippen LogP contribution in [0.15, 0.2) is 122 Å². The van der Waals surface area contributed by atoms with Crippen LogP contribution in [0.3, 0.4) is 0 Å². The van der Waals surface area contributed by atoms with Crippen LogP contribution in [0.4, 0.5) is 0 Å². The molecule has 0 unspecified atom stereocenters. The van der Waals surface area contributed by atoms with Gasteiger partial charge in [-0.05, 0) is 48.5 Å². The average molecular weight is 416 g/mol. The van der Waals surface area contributed by atoms with Crippen LogP contribution in [0.5, 0.6) is 17.2 Å². The van der Waals surface area contributed by atoms with Crippen LogP contribution in [0.1, 0.15) is 0 Å². The molecule has 1 aliphatic heterocycles. The third kappa shape index (κ3) is 3.50.